The molecule has 0 aliphatic heterocycles. The standard InChI is InChI=1S/C20H15BrN2O4/c1-26-20(25)13-5-8-16(9-6-13)23-19(24)14-7-10-18(22-12-14)27-17-4-2-3-15(21)11-17/h2-12H,1H3,(H,23,24). The number of halogens is 1. The number of carbonyl (C=O) groups excluding carboxylic acids is 2. The van der Waals surface area contributed by atoms with Crippen LogP contribution in [0.2, 0.25) is 0 Å². The fourth-order valence-corrected chi connectivity index (χ4v) is 2.62. The molecule has 0 aliphatic carbocycles. The molecule has 0 aliphatic rings. The van der Waals surface area contributed by atoms with E-state index < -0.39 is 5.97 Å². The Balaban J connectivity index is 1.64. The summed E-state index contributed by atoms with van der Waals surface area (Å²) in [6.45, 7) is 0. The van der Waals surface area contributed by atoms with Crippen LogP contribution in [-0.4, -0.2) is 24.0 Å². The molecular weight excluding hydrogens is 412 g/mol. The van der Waals surface area contributed by atoms with Crippen molar-refractivity contribution in [2.75, 3.05) is 12.4 Å². The maximum absolute atomic E-state index is 12.3. The molecule has 1 aromatic heterocycles. The minimum absolute atomic E-state index is 0.317. The van der Waals surface area contributed by atoms with Gasteiger partial charge in [-0.1, -0.05) is 22.0 Å². The molecule has 0 saturated heterocycles. The van der Waals surface area contributed by atoms with Gasteiger partial charge >= 0.3 is 5.97 Å². The number of hydrogen-bond donors (Lipinski definition) is 1. The second-order valence-electron chi connectivity index (χ2n) is 5.47. The Labute approximate surface area is 164 Å². The van der Waals surface area contributed by atoms with Crippen molar-refractivity contribution in [1.82, 2.24) is 4.98 Å². The summed E-state index contributed by atoms with van der Waals surface area (Å²) in [5.41, 5.74) is 1.35. The Bertz CT molecular complexity index is 956. The molecule has 0 unspecified atom stereocenters. The van der Waals surface area contributed by atoms with Crippen molar-refractivity contribution in [3.63, 3.8) is 0 Å². The molecule has 7 heteroatoms. The van der Waals surface area contributed by atoms with Gasteiger partial charge in [-0.3, -0.25) is 4.79 Å². The maximum Gasteiger partial charge on any atom is 0.337 e. The number of esters is 1. The lowest BCUT2D eigenvalue weighted by Gasteiger charge is -2.08. The van der Waals surface area contributed by atoms with Crippen molar-refractivity contribution >= 4 is 33.5 Å². The van der Waals surface area contributed by atoms with Crippen LogP contribution in [0.1, 0.15) is 20.7 Å². The van der Waals surface area contributed by atoms with Crippen LogP contribution in [0.5, 0.6) is 11.6 Å². The first-order valence-electron chi connectivity index (χ1n) is 7.94. The Kier molecular flexibility index (Phi) is 5.83. The van der Waals surface area contributed by atoms with Crippen LogP contribution in [-0.2, 0) is 4.74 Å². The van der Waals surface area contributed by atoms with Gasteiger partial charge in [-0.25, -0.2) is 9.78 Å². The number of rotatable bonds is 5. The molecule has 1 heterocycles. The van der Waals surface area contributed by atoms with E-state index in [9.17, 15) is 9.59 Å². The molecule has 3 aromatic rings. The van der Waals surface area contributed by atoms with Gasteiger partial charge in [0.15, 0.2) is 0 Å². The minimum Gasteiger partial charge on any atom is -0.465 e. The van der Waals surface area contributed by atoms with Crippen LogP contribution >= 0.6 is 15.9 Å². The lowest BCUT2D eigenvalue weighted by atomic mass is 10.2. The monoisotopic (exact) mass is 426 g/mol. The summed E-state index contributed by atoms with van der Waals surface area (Å²) in [5, 5.41) is 2.74. The van der Waals surface area contributed by atoms with Gasteiger partial charge in [0.05, 0.1) is 18.2 Å². The molecule has 6 nitrogen and oxygen atoms in total. The Morgan fingerprint density at radius 2 is 1.74 bits per heavy atom. The third-order valence-corrected chi connectivity index (χ3v) is 4.07. The quantitative estimate of drug-likeness (QED) is 0.599. The van der Waals surface area contributed by atoms with E-state index in [1.165, 1.54) is 13.3 Å². The predicted molar refractivity (Wildman–Crippen MR) is 104 cm³/mol. The number of anilines is 1. The smallest absolute Gasteiger partial charge is 0.337 e. The number of methoxy groups -OCH3 is 1. The summed E-state index contributed by atoms with van der Waals surface area (Å²) < 4.78 is 11.2. The van der Waals surface area contributed by atoms with Gasteiger partial charge in [-0.2, -0.15) is 0 Å². The first-order valence-corrected chi connectivity index (χ1v) is 8.73. The van der Waals surface area contributed by atoms with E-state index in [2.05, 4.69) is 31.0 Å². The van der Waals surface area contributed by atoms with Gasteiger partial charge in [0.25, 0.3) is 5.91 Å². The van der Waals surface area contributed by atoms with Gasteiger partial charge in [0.1, 0.15) is 5.75 Å². The first kappa shape index (κ1) is 18.6. The van der Waals surface area contributed by atoms with Crippen molar-refractivity contribution in [1.29, 1.82) is 0 Å². The van der Waals surface area contributed by atoms with Crippen molar-refractivity contribution < 1.29 is 19.1 Å². The predicted octanol–water partition coefficient (Wildman–Crippen LogP) is 4.68. The van der Waals surface area contributed by atoms with E-state index in [0.29, 0.717) is 28.4 Å². The molecule has 0 atom stereocenters. The highest BCUT2D eigenvalue weighted by atomic mass is 79.9. The zero-order valence-corrected chi connectivity index (χ0v) is 15.9. The molecule has 3 rings (SSSR count). The molecule has 1 amide bonds. The zero-order chi connectivity index (χ0) is 19.2. The summed E-state index contributed by atoms with van der Waals surface area (Å²) in [6.07, 6.45) is 1.44. The van der Waals surface area contributed by atoms with Crippen LogP contribution in [0.3, 0.4) is 0 Å². The Morgan fingerprint density at radius 3 is 2.37 bits per heavy atom. The maximum atomic E-state index is 12.3. The van der Waals surface area contributed by atoms with Crippen LogP contribution in [0.15, 0.2) is 71.3 Å². The van der Waals surface area contributed by atoms with Crippen molar-refractivity contribution in [2.24, 2.45) is 0 Å². The molecule has 0 radical (unpaired) electrons. The van der Waals surface area contributed by atoms with E-state index in [-0.39, 0.29) is 5.91 Å². The van der Waals surface area contributed by atoms with Crippen molar-refractivity contribution in [2.45, 2.75) is 0 Å². The van der Waals surface area contributed by atoms with Gasteiger partial charge in [-0.05, 0) is 48.5 Å². The summed E-state index contributed by atoms with van der Waals surface area (Å²) >= 11 is 3.38. The lowest BCUT2D eigenvalue weighted by molar-refractivity contribution is 0.0600. The van der Waals surface area contributed by atoms with E-state index in [1.54, 1.807) is 36.4 Å². The van der Waals surface area contributed by atoms with Crippen LogP contribution in [0.25, 0.3) is 0 Å². The summed E-state index contributed by atoms with van der Waals surface area (Å²) in [4.78, 5) is 27.9. The normalized spacial score (nSPS) is 10.1. The van der Waals surface area contributed by atoms with Crippen LogP contribution in [0, 0.1) is 0 Å². The molecular formula is C20H15BrN2O4. The molecule has 1 N–H and O–H groups in total. The Morgan fingerprint density at radius 1 is 1.00 bits per heavy atom. The van der Waals surface area contributed by atoms with E-state index in [0.717, 1.165) is 4.47 Å². The number of nitrogens with zero attached hydrogens (tertiary/aromatic N) is 1. The molecule has 0 saturated carbocycles. The summed E-state index contributed by atoms with van der Waals surface area (Å²) in [5.74, 6) is 0.271. The fourth-order valence-electron chi connectivity index (χ4n) is 2.24. The third kappa shape index (κ3) is 4.92. The highest BCUT2D eigenvalue weighted by Crippen LogP contribution is 2.23. The van der Waals surface area contributed by atoms with Gasteiger partial charge in [0.2, 0.25) is 5.88 Å². The highest BCUT2D eigenvalue weighted by molar-refractivity contribution is 9.10. The van der Waals surface area contributed by atoms with Gasteiger partial charge < -0.3 is 14.8 Å². The number of ether oxygens (including phenoxy) is 2. The number of aromatic nitrogens is 1. The van der Waals surface area contributed by atoms with Gasteiger partial charge in [0, 0.05) is 22.4 Å². The van der Waals surface area contributed by atoms with Gasteiger partial charge in [-0.15, -0.1) is 0 Å². The van der Waals surface area contributed by atoms with Crippen LogP contribution in [0.4, 0.5) is 5.69 Å². The molecule has 136 valence electrons. The van der Waals surface area contributed by atoms with Crippen molar-refractivity contribution in [3.05, 3.63) is 82.5 Å². The zero-order valence-electron chi connectivity index (χ0n) is 14.3. The number of amides is 1. The number of pyridine rings is 1. The molecule has 2 aromatic carbocycles. The number of benzene rings is 2. The average Bonchev–Trinajstić information content (AvgIpc) is 2.68. The first-order chi connectivity index (χ1) is 13.0. The highest BCUT2D eigenvalue weighted by Gasteiger charge is 2.09. The number of carbonyl (C=O) groups is 2. The molecule has 0 bridgehead atoms. The molecule has 0 spiro atoms. The SMILES string of the molecule is COC(=O)c1ccc(NC(=O)c2ccc(Oc3cccc(Br)c3)nc2)cc1. The second-order valence-corrected chi connectivity index (χ2v) is 6.38. The summed E-state index contributed by atoms with van der Waals surface area (Å²) in [6, 6.07) is 17.0. The molecule has 27 heavy (non-hydrogen) atoms. The largest absolute Gasteiger partial charge is 0.465 e. The second kappa shape index (κ2) is 8.46. The summed E-state index contributed by atoms with van der Waals surface area (Å²) in [7, 11) is 1.31. The van der Waals surface area contributed by atoms with Crippen LogP contribution < -0.4 is 10.1 Å². The third-order valence-electron chi connectivity index (χ3n) is 3.58. The lowest BCUT2D eigenvalue weighted by Crippen LogP contribution is -2.12. The Hall–Kier alpha value is -3.19. The van der Waals surface area contributed by atoms with E-state index >= 15 is 0 Å². The van der Waals surface area contributed by atoms with Crippen molar-refractivity contribution in [3.8, 4) is 11.6 Å². The minimum atomic E-state index is -0.432. The van der Waals surface area contributed by atoms with E-state index in [4.69, 9.17) is 4.74 Å². The fraction of sp³-hybridized carbons (Fsp3) is 0.0500. The number of nitrogens with one attached hydrogen (secondary N) is 1. The van der Waals surface area contributed by atoms with E-state index in [1.807, 2.05) is 24.3 Å². The number of hydrogen-bond acceptors (Lipinski definition) is 5. The molecule has 0 fully saturated rings. The average molecular weight is 427 g/mol. The topological polar surface area (TPSA) is 77.5 Å².